The lowest BCUT2D eigenvalue weighted by Crippen LogP contribution is -2.34. The molecular formula is C16H14N2O8S. The Morgan fingerprint density at radius 1 is 1.22 bits per heavy atom. The number of nitrogens with one attached hydrogen (secondary N) is 1. The Morgan fingerprint density at radius 2 is 2.00 bits per heavy atom. The third kappa shape index (κ3) is 5.78. The molecule has 0 spiro atoms. The first-order valence-corrected chi connectivity index (χ1v) is 8.27. The summed E-state index contributed by atoms with van der Waals surface area (Å²) in [5, 5.41) is 14.6. The summed E-state index contributed by atoms with van der Waals surface area (Å²) in [6.45, 7) is -1.18. The Kier molecular flexibility index (Phi) is 6.83. The molecule has 0 saturated carbocycles. The minimum Gasteiger partial charge on any atom is -0.490 e. The first-order valence-electron chi connectivity index (χ1n) is 7.39. The average Bonchev–Trinajstić information content (AvgIpc) is 3.19. The third-order valence-electron chi connectivity index (χ3n) is 3.07. The van der Waals surface area contributed by atoms with E-state index in [9.17, 15) is 24.5 Å². The van der Waals surface area contributed by atoms with Crippen molar-refractivity contribution in [2.24, 2.45) is 0 Å². The molecule has 0 aliphatic heterocycles. The van der Waals surface area contributed by atoms with E-state index < -0.39 is 35.9 Å². The zero-order chi connectivity index (χ0) is 19.8. The van der Waals surface area contributed by atoms with Crippen molar-refractivity contribution in [1.82, 2.24) is 5.32 Å². The van der Waals surface area contributed by atoms with Crippen LogP contribution in [0, 0.1) is 10.1 Å². The maximum atomic E-state index is 11.7. The van der Waals surface area contributed by atoms with Gasteiger partial charge in [-0.3, -0.25) is 25.0 Å². The molecule has 0 bridgehead atoms. The summed E-state index contributed by atoms with van der Waals surface area (Å²) in [6, 6.07) is 6.92. The van der Waals surface area contributed by atoms with Crippen molar-refractivity contribution in [2.45, 2.75) is 0 Å². The predicted octanol–water partition coefficient (Wildman–Crippen LogP) is 1.54. The fourth-order valence-electron chi connectivity index (χ4n) is 1.86. The zero-order valence-electron chi connectivity index (χ0n) is 14.0. The second-order valence-electron chi connectivity index (χ2n) is 4.89. The van der Waals surface area contributed by atoms with Crippen molar-refractivity contribution >= 4 is 34.8 Å². The van der Waals surface area contributed by atoms with Crippen molar-refractivity contribution in [3.8, 4) is 11.5 Å². The van der Waals surface area contributed by atoms with Gasteiger partial charge in [0.2, 0.25) is 5.75 Å². The summed E-state index contributed by atoms with van der Waals surface area (Å²) >= 11 is 1.16. The lowest BCUT2D eigenvalue weighted by atomic mass is 10.3. The molecule has 10 nitrogen and oxygen atoms in total. The number of amides is 2. The molecule has 1 aromatic carbocycles. The van der Waals surface area contributed by atoms with Gasteiger partial charge in [-0.2, -0.15) is 0 Å². The summed E-state index contributed by atoms with van der Waals surface area (Å²) in [6.07, 6.45) is 0. The van der Waals surface area contributed by atoms with Crippen LogP contribution in [-0.2, 0) is 14.3 Å². The molecule has 0 aliphatic rings. The number of nitro benzene ring substituents is 1. The van der Waals surface area contributed by atoms with Gasteiger partial charge in [-0.15, -0.1) is 11.3 Å². The number of benzene rings is 1. The highest BCUT2D eigenvalue weighted by atomic mass is 32.1. The van der Waals surface area contributed by atoms with Gasteiger partial charge in [0.25, 0.3) is 11.8 Å². The number of esters is 1. The van der Waals surface area contributed by atoms with E-state index in [4.69, 9.17) is 14.2 Å². The summed E-state index contributed by atoms with van der Waals surface area (Å²) in [5.74, 6) is -2.10. The fourth-order valence-corrected chi connectivity index (χ4v) is 2.48. The molecule has 2 amide bonds. The van der Waals surface area contributed by atoms with Gasteiger partial charge in [0.1, 0.15) is 5.75 Å². The first kappa shape index (κ1) is 19.8. The smallest absolute Gasteiger partial charge is 0.344 e. The monoisotopic (exact) mass is 394 g/mol. The van der Waals surface area contributed by atoms with Gasteiger partial charge in [-0.05, 0) is 17.5 Å². The molecule has 1 aromatic heterocycles. The number of thiophene rings is 1. The number of ether oxygens (including phenoxy) is 3. The standard InChI is InChI=1S/C16H14N2O8S/c1-24-12-7-10(4-5-11(12)18(22)23)25-9-15(20)26-8-14(19)17-16(21)13-3-2-6-27-13/h2-7H,8-9H2,1H3,(H,17,19,21). The van der Waals surface area contributed by atoms with Crippen LogP contribution in [0.2, 0.25) is 0 Å². The molecule has 0 radical (unpaired) electrons. The van der Waals surface area contributed by atoms with Crippen molar-refractivity contribution < 1.29 is 33.5 Å². The van der Waals surface area contributed by atoms with E-state index in [1.165, 1.54) is 25.3 Å². The Labute approximate surface area is 156 Å². The van der Waals surface area contributed by atoms with Crippen LogP contribution in [-0.4, -0.2) is 43.0 Å². The molecule has 0 unspecified atom stereocenters. The quantitative estimate of drug-likeness (QED) is 0.405. The Bertz CT molecular complexity index is 850. The minimum absolute atomic E-state index is 0.0302. The van der Waals surface area contributed by atoms with E-state index in [1.54, 1.807) is 17.5 Å². The SMILES string of the molecule is COc1cc(OCC(=O)OCC(=O)NC(=O)c2cccs2)ccc1[N+](=O)[O-]. The number of rotatable bonds is 8. The van der Waals surface area contributed by atoms with E-state index in [0.717, 1.165) is 11.3 Å². The first-order chi connectivity index (χ1) is 12.9. The van der Waals surface area contributed by atoms with Crippen LogP contribution in [0.4, 0.5) is 5.69 Å². The number of imide groups is 1. The fraction of sp³-hybridized carbons (Fsp3) is 0.188. The Morgan fingerprint density at radius 3 is 2.63 bits per heavy atom. The summed E-state index contributed by atoms with van der Waals surface area (Å²) in [5.41, 5.74) is -0.250. The second-order valence-corrected chi connectivity index (χ2v) is 5.84. The molecule has 1 N–H and O–H groups in total. The van der Waals surface area contributed by atoms with E-state index in [2.05, 4.69) is 5.32 Å². The van der Waals surface area contributed by atoms with Crippen molar-refractivity contribution in [2.75, 3.05) is 20.3 Å². The molecule has 1 heterocycles. The van der Waals surface area contributed by atoms with E-state index >= 15 is 0 Å². The zero-order valence-corrected chi connectivity index (χ0v) is 14.8. The summed E-state index contributed by atoms with van der Waals surface area (Å²) < 4.78 is 14.7. The molecule has 2 aromatic rings. The van der Waals surface area contributed by atoms with Crippen molar-refractivity contribution in [3.05, 3.63) is 50.7 Å². The number of nitro groups is 1. The van der Waals surface area contributed by atoms with E-state index in [0.29, 0.717) is 4.88 Å². The number of hydrogen-bond donors (Lipinski definition) is 1. The van der Waals surface area contributed by atoms with Gasteiger partial charge < -0.3 is 14.2 Å². The number of carbonyl (C=O) groups is 3. The van der Waals surface area contributed by atoms with Crippen molar-refractivity contribution in [1.29, 1.82) is 0 Å². The maximum Gasteiger partial charge on any atom is 0.344 e. The van der Waals surface area contributed by atoms with Crippen LogP contribution in [0.25, 0.3) is 0 Å². The molecule has 27 heavy (non-hydrogen) atoms. The topological polar surface area (TPSA) is 134 Å². The Balaban J connectivity index is 1.78. The number of hydrogen-bond acceptors (Lipinski definition) is 9. The summed E-state index contributed by atoms with van der Waals surface area (Å²) in [7, 11) is 1.26. The highest BCUT2D eigenvalue weighted by Gasteiger charge is 2.17. The van der Waals surface area contributed by atoms with Crippen LogP contribution in [0.1, 0.15) is 9.67 Å². The molecule has 0 aliphatic carbocycles. The van der Waals surface area contributed by atoms with Gasteiger partial charge >= 0.3 is 11.7 Å². The molecule has 0 fully saturated rings. The molecule has 2 rings (SSSR count). The van der Waals surface area contributed by atoms with Crippen LogP contribution in [0.3, 0.4) is 0 Å². The predicted molar refractivity (Wildman–Crippen MR) is 92.9 cm³/mol. The van der Waals surface area contributed by atoms with Gasteiger partial charge in [-0.25, -0.2) is 4.79 Å². The van der Waals surface area contributed by atoms with Crippen LogP contribution >= 0.6 is 11.3 Å². The number of carbonyl (C=O) groups excluding carboxylic acids is 3. The normalized spacial score (nSPS) is 9.96. The van der Waals surface area contributed by atoms with E-state index in [-0.39, 0.29) is 17.2 Å². The molecule has 11 heteroatoms. The Hall–Kier alpha value is -3.47. The molecule has 0 saturated heterocycles. The van der Waals surface area contributed by atoms with Gasteiger partial charge in [0.15, 0.2) is 13.2 Å². The second kappa shape index (κ2) is 9.29. The van der Waals surface area contributed by atoms with Crippen molar-refractivity contribution in [3.63, 3.8) is 0 Å². The van der Waals surface area contributed by atoms with E-state index in [1.807, 2.05) is 0 Å². The number of methoxy groups -OCH3 is 1. The average molecular weight is 394 g/mol. The minimum atomic E-state index is -0.856. The summed E-state index contributed by atoms with van der Waals surface area (Å²) in [4.78, 5) is 45.4. The van der Waals surface area contributed by atoms with Gasteiger partial charge in [0.05, 0.1) is 16.9 Å². The largest absolute Gasteiger partial charge is 0.490 e. The van der Waals surface area contributed by atoms with Crippen LogP contribution < -0.4 is 14.8 Å². The molecule has 0 atom stereocenters. The van der Waals surface area contributed by atoms with Gasteiger partial charge in [-0.1, -0.05) is 6.07 Å². The molecular weight excluding hydrogens is 380 g/mol. The van der Waals surface area contributed by atoms with Crippen LogP contribution in [0.5, 0.6) is 11.5 Å². The lowest BCUT2D eigenvalue weighted by Gasteiger charge is -2.08. The number of nitrogens with zero attached hydrogens (tertiary/aromatic N) is 1. The highest BCUT2D eigenvalue weighted by molar-refractivity contribution is 7.12. The highest BCUT2D eigenvalue weighted by Crippen LogP contribution is 2.30. The van der Waals surface area contributed by atoms with Gasteiger partial charge in [0, 0.05) is 12.1 Å². The van der Waals surface area contributed by atoms with Crippen LogP contribution in [0.15, 0.2) is 35.7 Å². The maximum absolute atomic E-state index is 11.7. The third-order valence-corrected chi connectivity index (χ3v) is 3.94. The lowest BCUT2D eigenvalue weighted by molar-refractivity contribution is -0.385. The molecule has 142 valence electrons.